The fourth-order valence-electron chi connectivity index (χ4n) is 11.3. The van der Waals surface area contributed by atoms with Crippen molar-refractivity contribution < 1.29 is 37.6 Å². The largest absolute Gasteiger partial charge is 0.472 e. The summed E-state index contributed by atoms with van der Waals surface area (Å²) in [5.41, 5.74) is 5.41. The highest BCUT2D eigenvalue weighted by Gasteiger charge is 2.26. The van der Waals surface area contributed by atoms with Crippen LogP contribution in [0.5, 0.6) is 0 Å². The van der Waals surface area contributed by atoms with Gasteiger partial charge in [0, 0.05) is 19.4 Å². The number of ether oxygens (including phenoxy) is 2. The molecule has 0 heterocycles. The number of hydrogen-bond donors (Lipinski definition) is 2. The Morgan fingerprint density at radius 2 is 0.632 bits per heavy atom. The van der Waals surface area contributed by atoms with Crippen LogP contribution in [0.1, 0.15) is 386 Å². The molecule has 0 fully saturated rings. The molecule has 10 heteroatoms. The van der Waals surface area contributed by atoms with E-state index in [4.69, 9.17) is 24.3 Å². The lowest BCUT2D eigenvalue weighted by atomic mass is 10.0. The molecular formula is C77H144NO8P. The Kier molecular flexibility index (Phi) is 70.9. The molecule has 0 aromatic carbocycles. The molecule has 87 heavy (non-hydrogen) atoms. The Morgan fingerprint density at radius 1 is 0.356 bits per heavy atom. The van der Waals surface area contributed by atoms with Crippen molar-refractivity contribution in [3.8, 4) is 0 Å². The number of rotatable bonds is 72. The summed E-state index contributed by atoms with van der Waals surface area (Å²) < 4.78 is 33.2. The van der Waals surface area contributed by atoms with Crippen molar-refractivity contribution >= 4 is 19.8 Å². The first kappa shape index (κ1) is 84.7. The number of unbranched alkanes of at least 4 members (excludes halogenated alkanes) is 49. The number of carbonyl (C=O) groups is 2. The average Bonchev–Trinajstić information content (AvgIpc) is 3.66. The Balaban J connectivity index is 3.78. The van der Waals surface area contributed by atoms with Crippen LogP contribution in [-0.2, 0) is 32.7 Å². The third kappa shape index (κ3) is 72.6. The van der Waals surface area contributed by atoms with Crippen molar-refractivity contribution in [2.24, 2.45) is 5.73 Å². The van der Waals surface area contributed by atoms with Gasteiger partial charge in [-0.3, -0.25) is 18.6 Å². The van der Waals surface area contributed by atoms with Crippen LogP contribution in [0.4, 0.5) is 0 Å². The zero-order valence-corrected chi connectivity index (χ0v) is 58.4. The fourth-order valence-corrected chi connectivity index (χ4v) is 12.1. The predicted molar refractivity (Wildman–Crippen MR) is 376 cm³/mol. The van der Waals surface area contributed by atoms with E-state index in [0.29, 0.717) is 6.42 Å². The maximum atomic E-state index is 12.8. The smallest absolute Gasteiger partial charge is 0.462 e. The number of phosphoric ester groups is 1. The summed E-state index contributed by atoms with van der Waals surface area (Å²) in [5.74, 6) is -0.806. The number of phosphoric acid groups is 1. The molecule has 0 radical (unpaired) electrons. The van der Waals surface area contributed by atoms with E-state index in [1.54, 1.807) is 0 Å². The molecule has 510 valence electrons. The molecule has 0 bridgehead atoms. The first-order valence-electron chi connectivity index (χ1n) is 37.8. The fraction of sp³-hybridized carbons (Fsp3) is 0.844. The maximum absolute atomic E-state index is 12.8. The van der Waals surface area contributed by atoms with E-state index < -0.39 is 26.5 Å². The van der Waals surface area contributed by atoms with Gasteiger partial charge in [0.05, 0.1) is 13.2 Å². The van der Waals surface area contributed by atoms with Gasteiger partial charge in [-0.1, -0.05) is 357 Å². The summed E-state index contributed by atoms with van der Waals surface area (Å²) in [6, 6.07) is 0. The minimum atomic E-state index is -4.39. The summed E-state index contributed by atoms with van der Waals surface area (Å²) in [5, 5.41) is 0. The van der Waals surface area contributed by atoms with E-state index in [1.165, 1.54) is 295 Å². The molecule has 2 atom stereocenters. The van der Waals surface area contributed by atoms with Crippen LogP contribution < -0.4 is 5.73 Å². The average molecular weight is 1240 g/mol. The number of nitrogens with two attached hydrogens (primary N) is 1. The first-order chi connectivity index (χ1) is 42.8. The molecule has 0 aliphatic heterocycles. The van der Waals surface area contributed by atoms with Crippen LogP contribution in [0.3, 0.4) is 0 Å². The van der Waals surface area contributed by atoms with Crippen molar-refractivity contribution in [2.75, 3.05) is 26.4 Å². The molecule has 0 aromatic rings. The topological polar surface area (TPSA) is 134 Å². The number of hydrogen-bond acceptors (Lipinski definition) is 8. The van der Waals surface area contributed by atoms with Crippen LogP contribution in [0, 0.1) is 0 Å². The highest BCUT2D eigenvalue weighted by Crippen LogP contribution is 2.43. The molecule has 0 amide bonds. The van der Waals surface area contributed by atoms with Gasteiger partial charge in [-0.15, -0.1) is 0 Å². The lowest BCUT2D eigenvalue weighted by Crippen LogP contribution is -2.29. The number of allylic oxidation sites excluding steroid dienone is 10. The quantitative estimate of drug-likeness (QED) is 0.0264. The number of carbonyl (C=O) groups excluding carboxylic acids is 2. The van der Waals surface area contributed by atoms with Crippen LogP contribution in [0.2, 0.25) is 0 Å². The zero-order valence-electron chi connectivity index (χ0n) is 57.5. The minimum Gasteiger partial charge on any atom is -0.462 e. The maximum Gasteiger partial charge on any atom is 0.472 e. The lowest BCUT2D eigenvalue weighted by Gasteiger charge is -2.19. The summed E-state index contributed by atoms with van der Waals surface area (Å²) in [4.78, 5) is 35.4. The van der Waals surface area contributed by atoms with Crippen LogP contribution in [0.15, 0.2) is 60.8 Å². The van der Waals surface area contributed by atoms with Gasteiger partial charge in [0.25, 0.3) is 0 Å². The van der Waals surface area contributed by atoms with Crippen molar-refractivity contribution in [3.63, 3.8) is 0 Å². The molecule has 0 rings (SSSR count). The Bertz CT molecular complexity index is 1610. The normalized spacial score (nSPS) is 13.2. The molecule has 0 aliphatic carbocycles. The highest BCUT2D eigenvalue weighted by atomic mass is 31.2. The molecule has 0 saturated heterocycles. The van der Waals surface area contributed by atoms with Crippen molar-refractivity contribution in [1.82, 2.24) is 0 Å². The highest BCUT2D eigenvalue weighted by molar-refractivity contribution is 7.47. The molecule has 0 aliphatic rings. The Morgan fingerprint density at radius 3 is 0.954 bits per heavy atom. The van der Waals surface area contributed by atoms with Crippen LogP contribution in [-0.4, -0.2) is 49.3 Å². The third-order valence-electron chi connectivity index (χ3n) is 16.9. The van der Waals surface area contributed by atoms with Gasteiger partial charge in [-0.25, -0.2) is 4.57 Å². The number of esters is 2. The van der Waals surface area contributed by atoms with Gasteiger partial charge in [0.2, 0.25) is 0 Å². The summed E-state index contributed by atoms with van der Waals surface area (Å²) in [6.45, 7) is 3.70. The second-order valence-electron chi connectivity index (χ2n) is 25.5. The first-order valence-corrected chi connectivity index (χ1v) is 39.3. The van der Waals surface area contributed by atoms with Crippen LogP contribution >= 0.6 is 7.82 Å². The minimum absolute atomic E-state index is 0.0548. The SMILES string of the molecule is CC/C=C\C/C=C\C/C=C\C/C=C\CCCCCCCCCCCCCCCCCCCCC(=O)OC(COC(=O)CCCCCCCCCCCCCCCCCCCCCCCCC/C=C\CCCCCCCCCC)COP(=O)(O)OCCN. The predicted octanol–water partition coefficient (Wildman–Crippen LogP) is 25.0. The van der Waals surface area contributed by atoms with Gasteiger partial charge < -0.3 is 20.1 Å². The molecule has 3 N–H and O–H groups in total. The summed E-state index contributed by atoms with van der Waals surface area (Å²) >= 11 is 0. The molecule has 0 aromatic heterocycles. The van der Waals surface area contributed by atoms with E-state index in [-0.39, 0.29) is 38.6 Å². The Labute approximate surface area is 539 Å². The van der Waals surface area contributed by atoms with Crippen molar-refractivity contribution in [1.29, 1.82) is 0 Å². The van der Waals surface area contributed by atoms with Crippen molar-refractivity contribution in [2.45, 2.75) is 392 Å². The van der Waals surface area contributed by atoms with Crippen LogP contribution in [0.25, 0.3) is 0 Å². The van der Waals surface area contributed by atoms with Gasteiger partial charge >= 0.3 is 19.8 Å². The van der Waals surface area contributed by atoms with Gasteiger partial charge in [0.15, 0.2) is 6.10 Å². The van der Waals surface area contributed by atoms with Gasteiger partial charge in [-0.2, -0.15) is 0 Å². The van der Waals surface area contributed by atoms with E-state index in [0.717, 1.165) is 57.8 Å². The van der Waals surface area contributed by atoms with E-state index in [1.807, 2.05) is 0 Å². The lowest BCUT2D eigenvalue weighted by molar-refractivity contribution is -0.161. The molecule has 0 spiro atoms. The molecule has 2 unspecified atom stereocenters. The summed E-state index contributed by atoms with van der Waals surface area (Å²) in [7, 11) is -4.39. The molecule has 9 nitrogen and oxygen atoms in total. The van der Waals surface area contributed by atoms with E-state index in [2.05, 4.69) is 74.6 Å². The Hall–Kier alpha value is -2.29. The second-order valence-corrected chi connectivity index (χ2v) is 26.9. The van der Waals surface area contributed by atoms with Crippen molar-refractivity contribution in [3.05, 3.63) is 60.8 Å². The van der Waals surface area contributed by atoms with E-state index >= 15 is 0 Å². The summed E-state index contributed by atoms with van der Waals surface area (Å²) in [6.07, 6.45) is 94.9. The van der Waals surface area contributed by atoms with Gasteiger partial charge in [0.1, 0.15) is 6.61 Å². The molecule has 0 saturated carbocycles. The van der Waals surface area contributed by atoms with Gasteiger partial charge in [-0.05, 0) is 77.0 Å². The second kappa shape index (κ2) is 72.8. The standard InChI is InChI=1S/C77H144NO8P/c1-3-5-7-9-11-13-15-17-19-21-23-25-27-29-31-33-35-36-37-38-40-41-43-45-47-49-51-53-55-57-59-61-63-65-67-69-76(79)83-73-75(74-85-87(81,82)84-72-71-78)86-77(80)70-68-66-64-62-60-58-56-54-52-50-48-46-44-42-39-34-32-30-28-26-24-22-20-18-16-14-12-10-8-6-4-2/h6,8,12,14,18,20-21,23-24,26,75H,3-5,7,9-11,13,15-17,19,22,25,27-74,78H2,1-2H3,(H,81,82)/b8-6-,14-12-,20-18-,23-21-,26-24-. The third-order valence-corrected chi connectivity index (χ3v) is 17.9. The monoisotopic (exact) mass is 1240 g/mol. The van der Waals surface area contributed by atoms with E-state index in [9.17, 15) is 19.0 Å². The zero-order chi connectivity index (χ0) is 63.0. The molecular weight excluding hydrogens is 1100 g/mol.